The minimum atomic E-state index is 0.178. The van der Waals surface area contributed by atoms with Gasteiger partial charge in [0.05, 0.1) is 10.3 Å². The Morgan fingerprint density at radius 1 is 1.42 bits per heavy atom. The minimum absolute atomic E-state index is 0.178. The van der Waals surface area contributed by atoms with Gasteiger partial charge < -0.3 is 9.15 Å². The van der Waals surface area contributed by atoms with E-state index in [-0.39, 0.29) is 5.76 Å². The number of nitrogens with zero attached hydrogens (tertiary/aromatic N) is 2. The van der Waals surface area contributed by atoms with Crippen LogP contribution in [0.25, 0.3) is 11.0 Å². The number of halogens is 1. The maximum atomic E-state index is 9.07. The van der Waals surface area contributed by atoms with E-state index in [9.17, 15) is 0 Å². The SMILES string of the molecule is N#Cc1oc2ccccc2c1OCc1cnc(Cl)s1. The number of ether oxygens (including phenoxy) is 1. The third-order valence-electron chi connectivity index (χ3n) is 2.54. The van der Waals surface area contributed by atoms with Crippen LogP contribution in [-0.2, 0) is 6.61 Å². The van der Waals surface area contributed by atoms with E-state index in [2.05, 4.69) is 4.98 Å². The van der Waals surface area contributed by atoms with Crippen molar-refractivity contribution in [3.8, 4) is 11.8 Å². The first-order valence-electron chi connectivity index (χ1n) is 5.42. The van der Waals surface area contributed by atoms with E-state index in [0.29, 0.717) is 22.4 Å². The maximum absolute atomic E-state index is 9.07. The largest absolute Gasteiger partial charge is 0.483 e. The number of benzene rings is 1. The molecule has 0 bridgehead atoms. The molecular weight excluding hydrogens is 284 g/mol. The summed E-state index contributed by atoms with van der Waals surface area (Å²) in [5.74, 6) is 0.638. The molecule has 3 rings (SSSR count). The molecule has 6 heteroatoms. The second-order valence-electron chi connectivity index (χ2n) is 3.74. The molecular formula is C13H7ClN2O2S. The summed E-state index contributed by atoms with van der Waals surface area (Å²) < 4.78 is 11.6. The van der Waals surface area contributed by atoms with Crippen molar-refractivity contribution in [2.75, 3.05) is 0 Å². The van der Waals surface area contributed by atoms with Gasteiger partial charge in [-0.15, -0.1) is 11.3 Å². The molecule has 2 aromatic heterocycles. The number of rotatable bonds is 3. The van der Waals surface area contributed by atoms with Crippen LogP contribution in [0.15, 0.2) is 34.9 Å². The van der Waals surface area contributed by atoms with E-state index in [0.717, 1.165) is 10.3 Å². The van der Waals surface area contributed by atoms with Crippen molar-refractivity contribution < 1.29 is 9.15 Å². The smallest absolute Gasteiger partial charge is 0.246 e. The number of nitriles is 1. The normalized spacial score (nSPS) is 10.5. The highest BCUT2D eigenvalue weighted by Gasteiger charge is 2.15. The lowest BCUT2D eigenvalue weighted by Crippen LogP contribution is -1.93. The van der Waals surface area contributed by atoms with Gasteiger partial charge >= 0.3 is 0 Å². The summed E-state index contributed by atoms with van der Waals surface area (Å²) in [5, 5.41) is 9.85. The fourth-order valence-corrected chi connectivity index (χ4v) is 2.62. The monoisotopic (exact) mass is 290 g/mol. The molecule has 0 N–H and O–H groups in total. The zero-order valence-electron chi connectivity index (χ0n) is 9.59. The van der Waals surface area contributed by atoms with Crippen molar-refractivity contribution in [1.82, 2.24) is 4.98 Å². The molecule has 0 fully saturated rings. The molecule has 0 aliphatic heterocycles. The van der Waals surface area contributed by atoms with Gasteiger partial charge in [-0.3, -0.25) is 0 Å². The Bertz CT molecular complexity index is 772. The van der Waals surface area contributed by atoms with Crippen molar-refractivity contribution in [2.24, 2.45) is 0 Å². The lowest BCUT2D eigenvalue weighted by Gasteiger charge is -2.01. The van der Waals surface area contributed by atoms with E-state index < -0.39 is 0 Å². The summed E-state index contributed by atoms with van der Waals surface area (Å²) in [5.41, 5.74) is 0.636. The van der Waals surface area contributed by atoms with Gasteiger partial charge in [0.25, 0.3) is 0 Å². The highest BCUT2D eigenvalue weighted by molar-refractivity contribution is 7.15. The first-order valence-corrected chi connectivity index (χ1v) is 6.62. The second kappa shape index (κ2) is 4.92. The Kier molecular flexibility index (Phi) is 3.11. The van der Waals surface area contributed by atoms with E-state index in [1.165, 1.54) is 11.3 Å². The maximum Gasteiger partial charge on any atom is 0.246 e. The van der Waals surface area contributed by atoms with Crippen LogP contribution in [0, 0.1) is 11.3 Å². The van der Waals surface area contributed by atoms with Crippen LogP contribution >= 0.6 is 22.9 Å². The van der Waals surface area contributed by atoms with E-state index >= 15 is 0 Å². The Hall–Kier alpha value is -2.03. The summed E-state index contributed by atoms with van der Waals surface area (Å²) in [6.07, 6.45) is 1.65. The quantitative estimate of drug-likeness (QED) is 0.731. The van der Waals surface area contributed by atoms with Crippen LogP contribution in [0.3, 0.4) is 0 Å². The first kappa shape index (κ1) is 12.0. The fourth-order valence-electron chi connectivity index (χ4n) is 1.73. The van der Waals surface area contributed by atoms with Gasteiger partial charge in [-0.25, -0.2) is 4.98 Å². The molecule has 0 radical (unpaired) electrons. The van der Waals surface area contributed by atoms with Crippen LogP contribution in [-0.4, -0.2) is 4.98 Å². The Balaban J connectivity index is 1.93. The summed E-state index contributed by atoms with van der Waals surface area (Å²) in [6.45, 7) is 0.308. The first-order chi connectivity index (χ1) is 9.28. The number of para-hydroxylation sites is 1. The fraction of sp³-hybridized carbons (Fsp3) is 0.0769. The van der Waals surface area contributed by atoms with Crippen LogP contribution in [0.4, 0.5) is 0 Å². The van der Waals surface area contributed by atoms with Crippen LogP contribution < -0.4 is 4.74 Å². The summed E-state index contributed by atoms with van der Waals surface area (Å²) in [6, 6.07) is 9.37. The average molecular weight is 291 g/mol. The molecule has 0 unspecified atom stereocenters. The van der Waals surface area contributed by atoms with E-state index in [4.69, 9.17) is 26.0 Å². The number of furan rings is 1. The lowest BCUT2D eigenvalue weighted by molar-refractivity contribution is 0.307. The summed E-state index contributed by atoms with van der Waals surface area (Å²) >= 11 is 7.10. The Morgan fingerprint density at radius 3 is 3.00 bits per heavy atom. The van der Waals surface area contributed by atoms with Gasteiger partial charge in [0.2, 0.25) is 5.76 Å². The molecule has 0 saturated carbocycles. The van der Waals surface area contributed by atoms with Crippen molar-refractivity contribution in [3.05, 3.63) is 45.6 Å². The molecule has 0 spiro atoms. The Labute approximate surface area is 117 Å². The van der Waals surface area contributed by atoms with Gasteiger partial charge in [0.1, 0.15) is 18.3 Å². The zero-order valence-corrected chi connectivity index (χ0v) is 11.2. The highest BCUT2D eigenvalue weighted by atomic mass is 35.5. The number of aromatic nitrogens is 1. The molecule has 2 heterocycles. The van der Waals surface area contributed by atoms with Crippen LogP contribution in [0.2, 0.25) is 4.47 Å². The van der Waals surface area contributed by atoms with Crippen molar-refractivity contribution in [1.29, 1.82) is 5.26 Å². The van der Waals surface area contributed by atoms with Gasteiger partial charge in [0.15, 0.2) is 10.2 Å². The predicted molar refractivity (Wildman–Crippen MR) is 72.4 cm³/mol. The van der Waals surface area contributed by atoms with Crippen LogP contribution in [0.1, 0.15) is 10.6 Å². The molecule has 0 atom stereocenters. The molecule has 19 heavy (non-hydrogen) atoms. The number of hydrogen-bond donors (Lipinski definition) is 0. The third kappa shape index (κ3) is 2.28. The number of thiazole rings is 1. The molecule has 4 nitrogen and oxygen atoms in total. The van der Waals surface area contributed by atoms with Gasteiger partial charge in [-0.05, 0) is 12.1 Å². The van der Waals surface area contributed by atoms with Gasteiger partial charge in [-0.1, -0.05) is 23.7 Å². The van der Waals surface area contributed by atoms with E-state index in [1.807, 2.05) is 24.3 Å². The molecule has 0 saturated heterocycles. The van der Waals surface area contributed by atoms with Gasteiger partial charge in [-0.2, -0.15) is 5.26 Å². The minimum Gasteiger partial charge on any atom is -0.483 e. The topological polar surface area (TPSA) is 59.0 Å². The number of fused-ring (bicyclic) bond motifs is 1. The molecule has 94 valence electrons. The molecule has 1 aromatic carbocycles. The summed E-state index contributed by atoms with van der Waals surface area (Å²) in [4.78, 5) is 4.83. The number of hydrogen-bond acceptors (Lipinski definition) is 5. The second-order valence-corrected chi connectivity index (χ2v) is 5.43. The lowest BCUT2D eigenvalue weighted by atomic mass is 10.2. The van der Waals surface area contributed by atoms with E-state index in [1.54, 1.807) is 12.3 Å². The molecule has 3 aromatic rings. The third-order valence-corrected chi connectivity index (χ3v) is 3.62. The highest BCUT2D eigenvalue weighted by Crippen LogP contribution is 2.33. The predicted octanol–water partition coefficient (Wildman–Crippen LogP) is 3.99. The molecule has 0 aliphatic rings. The van der Waals surface area contributed by atoms with Crippen LogP contribution in [0.5, 0.6) is 5.75 Å². The Morgan fingerprint density at radius 2 is 2.26 bits per heavy atom. The standard InChI is InChI=1S/C13H7ClN2O2S/c14-13-16-6-8(19-13)7-17-12-9-3-1-2-4-10(9)18-11(12)5-15/h1-4,6H,7H2. The van der Waals surface area contributed by atoms with Gasteiger partial charge in [0, 0.05) is 6.20 Å². The zero-order chi connectivity index (χ0) is 13.2. The van der Waals surface area contributed by atoms with Crippen molar-refractivity contribution >= 4 is 33.9 Å². The summed E-state index contributed by atoms with van der Waals surface area (Å²) in [7, 11) is 0. The average Bonchev–Trinajstić information content (AvgIpc) is 2.99. The van der Waals surface area contributed by atoms with Crippen molar-refractivity contribution in [2.45, 2.75) is 6.61 Å². The van der Waals surface area contributed by atoms with Crippen molar-refractivity contribution in [3.63, 3.8) is 0 Å². The molecule has 0 aliphatic carbocycles. The molecule has 0 amide bonds.